The molecule has 0 aliphatic rings. The zero-order valence-corrected chi connectivity index (χ0v) is 14.3. The Kier molecular flexibility index (Phi) is 5.18. The Morgan fingerprint density at radius 2 is 1.62 bits per heavy atom. The average molecular weight is 461 g/mol. The van der Waals surface area contributed by atoms with E-state index in [2.05, 4.69) is 49.2 Å². The Labute approximate surface area is 143 Å². The van der Waals surface area contributed by atoms with Crippen molar-refractivity contribution in [2.24, 2.45) is 0 Å². The minimum Gasteiger partial charge on any atom is -0.478 e. The van der Waals surface area contributed by atoms with Crippen LogP contribution in [0.2, 0.25) is 0 Å². The van der Waals surface area contributed by atoms with Gasteiger partial charge in [0.05, 0.1) is 5.56 Å². The molecule has 2 amide bonds. The van der Waals surface area contributed by atoms with Crippen LogP contribution in [0.5, 0.6) is 0 Å². The van der Waals surface area contributed by atoms with Gasteiger partial charge >= 0.3 is 12.0 Å². The smallest absolute Gasteiger partial charge is 0.335 e. The number of anilines is 2. The van der Waals surface area contributed by atoms with Gasteiger partial charge in [0.25, 0.3) is 0 Å². The molecule has 5 nitrogen and oxygen atoms in total. The van der Waals surface area contributed by atoms with Crippen molar-refractivity contribution in [2.45, 2.75) is 0 Å². The van der Waals surface area contributed by atoms with E-state index in [1.807, 2.05) is 12.1 Å². The molecule has 7 heteroatoms. The molecule has 0 heterocycles. The van der Waals surface area contributed by atoms with Crippen molar-refractivity contribution < 1.29 is 14.7 Å². The lowest BCUT2D eigenvalue weighted by molar-refractivity contribution is 0.0697. The lowest BCUT2D eigenvalue weighted by Gasteiger charge is -2.09. The molecule has 2 rings (SSSR count). The molecule has 0 fully saturated rings. The zero-order chi connectivity index (χ0) is 15.4. The van der Waals surface area contributed by atoms with Gasteiger partial charge in [0.1, 0.15) is 0 Å². The highest BCUT2D eigenvalue weighted by atomic mass is 127. The lowest BCUT2D eigenvalue weighted by Crippen LogP contribution is -2.19. The fourth-order valence-corrected chi connectivity index (χ4v) is 2.46. The Morgan fingerprint density at radius 1 is 1.00 bits per heavy atom. The van der Waals surface area contributed by atoms with Crippen molar-refractivity contribution in [2.75, 3.05) is 10.6 Å². The van der Waals surface area contributed by atoms with Crippen molar-refractivity contribution in [1.29, 1.82) is 0 Å². The van der Waals surface area contributed by atoms with E-state index in [4.69, 9.17) is 5.11 Å². The van der Waals surface area contributed by atoms with Crippen molar-refractivity contribution in [1.82, 2.24) is 0 Å². The predicted molar refractivity (Wildman–Crippen MR) is 92.9 cm³/mol. The van der Waals surface area contributed by atoms with E-state index < -0.39 is 12.0 Å². The summed E-state index contributed by atoms with van der Waals surface area (Å²) in [5.41, 5.74) is 1.14. The first-order valence-electron chi connectivity index (χ1n) is 5.81. The molecule has 0 radical (unpaired) electrons. The number of nitrogens with one attached hydrogen (secondary N) is 2. The van der Waals surface area contributed by atoms with Crippen LogP contribution in [0.3, 0.4) is 0 Å². The van der Waals surface area contributed by atoms with Crippen molar-refractivity contribution in [3.8, 4) is 0 Å². The molecule has 0 aromatic heterocycles. The number of halogens is 2. The third-order valence-corrected chi connectivity index (χ3v) is 3.68. The fourth-order valence-electron chi connectivity index (χ4n) is 1.61. The summed E-state index contributed by atoms with van der Waals surface area (Å²) < 4.78 is 1.64. The molecule has 0 aliphatic carbocycles. The summed E-state index contributed by atoms with van der Waals surface area (Å²) in [7, 11) is 0. The van der Waals surface area contributed by atoms with Gasteiger partial charge in [-0.15, -0.1) is 0 Å². The van der Waals surface area contributed by atoms with E-state index in [1.165, 1.54) is 12.1 Å². The van der Waals surface area contributed by atoms with E-state index in [9.17, 15) is 9.59 Å². The van der Waals surface area contributed by atoms with E-state index in [1.54, 1.807) is 18.2 Å². The maximum absolute atomic E-state index is 11.9. The fraction of sp³-hybridized carbons (Fsp3) is 0. The summed E-state index contributed by atoms with van der Waals surface area (Å²) in [6.45, 7) is 0. The van der Waals surface area contributed by atoms with Gasteiger partial charge in [0.15, 0.2) is 0 Å². The summed E-state index contributed by atoms with van der Waals surface area (Å²) in [5, 5.41) is 14.2. The molecule has 21 heavy (non-hydrogen) atoms. The molecule has 0 unspecified atom stereocenters. The molecule has 2 aromatic rings. The maximum atomic E-state index is 11.9. The van der Waals surface area contributed by atoms with E-state index >= 15 is 0 Å². The van der Waals surface area contributed by atoms with Gasteiger partial charge in [0, 0.05) is 19.4 Å². The SMILES string of the molecule is O=C(Nc1ccc(I)cc1)Nc1cc(Br)cc(C(=O)O)c1. The van der Waals surface area contributed by atoms with Gasteiger partial charge in [-0.25, -0.2) is 9.59 Å². The average Bonchev–Trinajstić information content (AvgIpc) is 2.40. The number of rotatable bonds is 3. The topological polar surface area (TPSA) is 78.4 Å². The van der Waals surface area contributed by atoms with Crippen LogP contribution in [-0.4, -0.2) is 17.1 Å². The standard InChI is InChI=1S/C14H10BrIN2O3/c15-9-5-8(13(19)20)6-12(7-9)18-14(21)17-11-3-1-10(16)2-4-11/h1-7H,(H,19,20)(H2,17,18,21). The summed E-state index contributed by atoms with van der Waals surface area (Å²) in [6.07, 6.45) is 0. The Morgan fingerprint density at radius 3 is 2.24 bits per heavy atom. The Balaban J connectivity index is 2.09. The van der Waals surface area contributed by atoms with Gasteiger partial charge in [-0.05, 0) is 65.1 Å². The quantitative estimate of drug-likeness (QED) is 0.594. The van der Waals surface area contributed by atoms with Gasteiger partial charge < -0.3 is 15.7 Å². The lowest BCUT2D eigenvalue weighted by atomic mass is 10.2. The van der Waals surface area contributed by atoms with Crippen LogP contribution in [0.1, 0.15) is 10.4 Å². The molecule has 0 spiro atoms. The second-order valence-corrected chi connectivity index (χ2v) is 6.28. The maximum Gasteiger partial charge on any atom is 0.335 e. The third kappa shape index (κ3) is 4.71. The van der Waals surface area contributed by atoms with Gasteiger partial charge in [-0.2, -0.15) is 0 Å². The summed E-state index contributed by atoms with van der Waals surface area (Å²) in [5.74, 6) is -1.06. The zero-order valence-electron chi connectivity index (χ0n) is 10.6. The van der Waals surface area contributed by atoms with Crippen LogP contribution in [0.25, 0.3) is 0 Å². The molecule has 3 N–H and O–H groups in total. The second-order valence-electron chi connectivity index (χ2n) is 4.12. The van der Waals surface area contributed by atoms with Crippen LogP contribution < -0.4 is 10.6 Å². The Hall–Kier alpha value is -1.61. The molecule has 0 bridgehead atoms. The van der Waals surface area contributed by atoms with Gasteiger partial charge in [-0.3, -0.25) is 0 Å². The van der Waals surface area contributed by atoms with Crippen molar-refractivity contribution >= 4 is 61.9 Å². The number of hydrogen-bond acceptors (Lipinski definition) is 2. The second kappa shape index (κ2) is 6.90. The van der Waals surface area contributed by atoms with Crippen molar-refractivity contribution in [3.63, 3.8) is 0 Å². The number of hydrogen-bond donors (Lipinski definition) is 3. The number of carboxylic acid groups (broad SMARTS) is 1. The number of amides is 2. The normalized spacial score (nSPS) is 10.0. The highest BCUT2D eigenvalue weighted by molar-refractivity contribution is 14.1. The number of benzene rings is 2. The molecular formula is C14H10BrIN2O3. The van der Waals surface area contributed by atoms with Crippen LogP contribution in [-0.2, 0) is 0 Å². The molecule has 2 aromatic carbocycles. The van der Waals surface area contributed by atoms with Crippen molar-refractivity contribution in [3.05, 3.63) is 56.1 Å². The minimum atomic E-state index is -1.06. The number of urea groups is 1. The van der Waals surface area contributed by atoms with Crippen LogP contribution in [0.4, 0.5) is 16.2 Å². The summed E-state index contributed by atoms with van der Waals surface area (Å²) >= 11 is 5.38. The number of carbonyl (C=O) groups excluding carboxylic acids is 1. The largest absolute Gasteiger partial charge is 0.478 e. The Bertz CT molecular complexity index is 689. The number of carbonyl (C=O) groups is 2. The molecular weight excluding hydrogens is 451 g/mol. The molecule has 108 valence electrons. The summed E-state index contributed by atoms with van der Waals surface area (Å²) in [6, 6.07) is 11.3. The molecule has 0 saturated carbocycles. The van der Waals surface area contributed by atoms with Crippen LogP contribution in [0, 0.1) is 3.57 Å². The summed E-state index contributed by atoms with van der Waals surface area (Å²) in [4.78, 5) is 22.8. The highest BCUT2D eigenvalue weighted by Crippen LogP contribution is 2.20. The number of carboxylic acids is 1. The first kappa shape index (κ1) is 15.8. The molecule has 0 saturated heterocycles. The van der Waals surface area contributed by atoms with E-state index in [-0.39, 0.29) is 5.56 Å². The third-order valence-electron chi connectivity index (χ3n) is 2.50. The first-order chi connectivity index (χ1) is 9.94. The minimum absolute atomic E-state index is 0.0916. The van der Waals surface area contributed by atoms with Gasteiger partial charge in [-0.1, -0.05) is 15.9 Å². The van der Waals surface area contributed by atoms with Gasteiger partial charge in [0.2, 0.25) is 0 Å². The first-order valence-corrected chi connectivity index (χ1v) is 7.68. The number of aromatic carboxylic acids is 1. The monoisotopic (exact) mass is 460 g/mol. The van der Waals surface area contributed by atoms with Crippen LogP contribution >= 0.6 is 38.5 Å². The van der Waals surface area contributed by atoms with E-state index in [0.717, 1.165) is 3.57 Å². The molecule has 0 atom stereocenters. The predicted octanol–water partition coefficient (Wildman–Crippen LogP) is 4.40. The highest BCUT2D eigenvalue weighted by Gasteiger charge is 2.08. The van der Waals surface area contributed by atoms with Crippen LogP contribution in [0.15, 0.2) is 46.9 Å². The molecule has 0 aliphatic heterocycles. The van der Waals surface area contributed by atoms with E-state index in [0.29, 0.717) is 15.8 Å².